The lowest BCUT2D eigenvalue weighted by Gasteiger charge is -2.17. The number of amides is 1. The number of carbonyl (C=O) groups is 2. The Balaban J connectivity index is 2.55. The summed E-state index contributed by atoms with van der Waals surface area (Å²) in [6.45, 7) is 4.07. The van der Waals surface area contributed by atoms with Crippen LogP contribution in [-0.4, -0.2) is 43.0 Å². The van der Waals surface area contributed by atoms with Crippen LogP contribution in [-0.2, 0) is 29.8 Å². The molecule has 1 aromatic rings. The van der Waals surface area contributed by atoms with E-state index in [1.807, 2.05) is 0 Å². The summed E-state index contributed by atoms with van der Waals surface area (Å²) in [4.78, 5) is 23.0. The van der Waals surface area contributed by atoms with E-state index in [1.165, 1.54) is 12.1 Å². The molecule has 1 unspecified atom stereocenters. The minimum absolute atomic E-state index is 0.0736. The number of hydrogen-bond donors (Lipinski definition) is 3. The van der Waals surface area contributed by atoms with Crippen LogP contribution < -0.4 is 15.6 Å². The number of nitrogens with one attached hydrogen (secondary N) is 1. The van der Waals surface area contributed by atoms with Gasteiger partial charge in [0.25, 0.3) is 0 Å². The highest BCUT2D eigenvalue weighted by Crippen LogP contribution is 2.49. The predicted octanol–water partition coefficient (Wildman–Crippen LogP) is 3.05. The van der Waals surface area contributed by atoms with Crippen LogP contribution in [0.1, 0.15) is 38.7 Å². The first kappa shape index (κ1) is 24.9. The van der Waals surface area contributed by atoms with Crippen LogP contribution in [0.2, 0.25) is 0 Å². The second kappa shape index (κ2) is 13.2. The molecular weight excluding hydrogens is 403 g/mol. The average molecular weight is 432 g/mol. The fourth-order valence-electron chi connectivity index (χ4n) is 2.26. The van der Waals surface area contributed by atoms with Gasteiger partial charge in [0, 0.05) is 0 Å². The summed E-state index contributed by atoms with van der Waals surface area (Å²) >= 11 is 0. The van der Waals surface area contributed by atoms with Gasteiger partial charge in [0.2, 0.25) is 0 Å². The minimum atomic E-state index is -3.68. The van der Waals surface area contributed by atoms with E-state index in [0.717, 1.165) is 0 Å². The van der Waals surface area contributed by atoms with E-state index in [4.69, 9.17) is 29.1 Å². The van der Waals surface area contributed by atoms with Crippen molar-refractivity contribution in [2.75, 3.05) is 19.8 Å². The molecule has 1 amide bonds. The number of nitrogens with two attached hydrogens (primary N) is 1. The highest BCUT2D eigenvalue weighted by Gasteiger charge is 2.27. The highest BCUT2D eigenvalue weighted by molar-refractivity contribution is 7.48. The number of rotatable bonds is 14. The van der Waals surface area contributed by atoms with Gasteiger partial charge >= 0.3 is 19.9 Å². The molecule has 0 saturated carbocycles. The van der Waals surface area contributed by atoms with Gasteiger partial charge in [-0.25, -0.2) is 14.2 Å². The van der Waals surface area contributed by atoms with E-state index in [9.17, 15) is 14.2 Å². The highest BCUT2D eigenvalue weighted by atomic mass is 31.2. The smallest absolute Gasteiger partial charge is 0.480 e. The van der Waals surface area contributed by atoms with Gasteiger partial charge < -0.3 is 25.4 Å². The molecule has 29 heavy (non-hydrogen) atoms. The maximum absolute atomic E-state index is 12.3. The first-order valence-electron chi connectivity index (χ1n) is 9.37. The first-order chi connectivity index (χ1) is 13.8. The molecule has 1 aromatic carbocycles. The molecule has 1 rings (SSSR count). The zero-order valence-electron chi connectivity index (χ0n) is 16.7. The van der Waals surface area contributed by atoms with Crippen molar-refractivity contribution in [3.05, 3.63) is 29.8 Å². The molecule has 0 spiro atoms. The normalized spacial score (nSPS) is 12.2. The van der Waals surface area contributed by atoms with Crippen LogP contribution in [0.25, 0.3) is 0 Å². The maximum atomic E-state index is 12.3. The molecule has 4 N–H and O–H groups in total. The molecule has 0 bridgehead atoms. The zero-order valence-corrected chi connectivity index (χ0v) is 17.6. The van der Waals surface area contributed by atoms with E-state index >= 15 is 0 Å². The Labute approximate surface area is 170 Å². The standard InChI is InChI=1S/C18H29N2O8P/c1-3-26-29(24,27-4-2)28-15-10-8-14(9-11-15)13-25-18(23)20-16(17(21)22)7-5-6-12-19/h8-11,16H,3-7,12-13,19H2,1-2H3,(H,20,23)(H,21,22). The van der Waals surface area contributed by atoms with Gasteiger partial charge in [-0.15, -0.1) is 0 Å². The van der Waals surface area contributed by atoms with Crippen LogP contribution in [0, 0.1) is 0 Å². The van der Waals surface area contributed by atoms with Crippen molar-refractivity contribution < 1.29 is 37.6 Å². The molecule has 10 nitrogen and oxygen atoms in total. The van der Waals surface area contributed by atoms with E-state index in [2.05, 4.69) is 5.32 Å². The Kier molecular flexibility index (Phi) is 11.3. The van der Waals surface area contributed by atoms with Gasteiger partial charge in [0.05, 0.1) is 13.2 Å². The van der Waals surface area contributed by atoms with Crippen LogP contribution in [0.3, 0.4) is 0 Å². The SMILES string of the molecule is CCOP(=O)(OCC)Oc1ccc(COC(=O)NC(CCCCN)C(=O)O)cc1. The second-order valence-corrected chi connectivity index (χ2v) is 7.51. The van der Waals surface area contributed by atoms with Crippen molar-refractivity contribution in [1.29, 1.82) is 0 Å². The molecule has 0 radical (unpaired) electrons. The number of alkyl carbamates (subject to hydrolysis) is 1. The van der Waals surface area contributed by atoms with Crippen LogP contribution >= 0.6 is 7.82 Å². The molecule has 0 aliphatic heterocycles. The summed E-state index contributed by atoms with van der Waals surface area (Å²) in [5, 5.41) is 11.5. The summed E-state index contributed by atoms with van der Waals surface area (Å²) in [6, 6.07) is 5.26. The van der Waals surface area contributed by atoms with Crippen LogP contribution in [0.5, 0.6) is 5.75 Å². The number of aliphatic carboxylic acids is 1. The topological polar surface area (TPSA) is 146 Å². The van der Waals surface area contributed by atoms with Crippen LogP contribution in [0.4, 0.5) is 4.79 Å². The fourth-order valence-corrected chi connectivity index (χ4v) is 3.46. The fraction of sp³-hybridized carbons (Fsp3) is 0.556. The number of benzene rings is 1. The van der Waals surface area contributed by atoms with Gasteiger partial charge in [0.1, 0.15) is 18.4 Å². The third-order valence-electron chi connectivity index (χ3n) is 3.62. The number of phosphoric acid groups is 1. The summed E-state index contributed by atoms with van der Waals surface area (Å²) in [7, 11) is -3.68. The Morgan fingerprint density at radius 1 is 1.14 bits per heavy atom. The van der Waals surface area contributed by atoms with Gasteiger partial charge in [-0.3, -0.25) is 9.05 Å². The molecule has 0 saturated heterocycles. The van der Waals surface area contributed by atoms with Gasteiger partial charge in [0.15, 0.2) is 0 Å². The Morgan fingerprint density at radius 2 is 1.76 bits per heavy atom. The number of carboxylic acids is 1. The van der Waals surface area contributed by atoms with Crippen molar-refractivity contribution in [3.8, 4) is 5.75 Å². The molecule has 164 valence electrons. The summed E-state index contributed by atoms with van der Waals surface area (Å²) in [6.07, 6.45) is 0.701. The van der Waals surface area contributed by atoms with E-state index in [-0.39, 0.29) is 32.0 Å². The molecule has 0 aliphatic rings. The number of phosphoric ester groups is 1. The van der Waals surface area contributed by atoms with Crippen molar-refractivity contribution in [1.82, 2.24) is 5.32 Å². The van der Waals surface area contributed by atoms with Crippen LogP contribution in [0.15, 0.2) is 24.3 Å². The third-order valence-corrected chi connectivity index (χ3v) is 5.21. The predicted molar refractivity (Wildman–Crippen MR) is 106 cm³/mol. The van der Waals surface area contributed by atoms with Gasteiger partial charge in [-0.05, 0) is 57.4 Å². The number of unbranched alkanes of at least 4 members (excludes halogenated alkanes) is 1. The molecule has 0 fully saturated rings. The quantitative estimate of drug-likeness (QED) is 0.298. The van der Waals surface area contributed by atoms with Gasteiger partial charge in [-0.1, -0.05) is 12.1 Å². The minimum Gasteiger partial charge on any atom is -0.480 e. The van der Waals surface area contributed by atoms with Crippen molar-refractivity contribution >= 4 is 19.9 Å². The third kappa shape index (κ3) is 9.76. The summed E-state index contributed by atoms with van der Waals surface area (Å²) in [5.74, 6) is -0.859. The van der Waals surface area contributed by atoms with E-state index in [0.29, 0.717) is 24.9 Å². The number of carboxylic acid groups (broad SMARTS) is 1. The molecule has 0 aliphatic carbocycles. The first-order valence-corrected chi connectivity index (χ1v) is 10.8. The molecule has 1 atom stereocenters. The Hall–Kier alpha value is -2.13. The summed E-state index contributed by atoms with van der Waals surface area (Å²) < 4.78 is 32.8. The number of ether oxygens (including phenoxy) is 1. The average Bonchev–Trinajstić information content (AvgIpc) is 2.67. The molecule has 0 aromatic heterocycles. The largest absolute Gasteiger partial charge is 0.530 e. The van der Waals surface area contributed by atoms with Crippen molar-refractivity contribution in [2.45, 2.75) is 45.8 Å². The van der Waals surface area contributed by atoms with Gasteiger partial charge in [-0.2, -0.15) is 0 Å². The second-order valence-electron chi connectivity index (χ2n) is 5.91. The van der Waals surface area contributed by atoms with E-state index < -0.39 is 25.9 Å². The molecule has 11 heteroatoms. The lowest BCUT2D eigenvalue weighted by molar-refractivity contribution is -0.139. The van der Waals surface area contributed by atoms with E-state index in [1.54, 1.807) is 26.0 Å². The lowest BCUT2D eigenvalue weighted by Crippen LogP contribution is -2.41. The number of carbonyl (C=O) groups excluding carboxylic acids is 1. The van der Waals surface area contributed by atoms with Crippen molar-refractivity contribution in [3.63, 3.8) is 0 Å². The number of hydrogen-bond acceptors (Lipinski definition) is 8. The lowest BCUT2D eigenvalue weighted by atomic mass is 10.1. The molecule has 0 heterocycles. The Bertz CT molecular complexity index is 673. The maximum Gasteiger partial charge on any atom is 0.530 e. The Morgan fingerprint density at radius 3 is 2.28 bits per heavy atom. The zero-order chi connectivity index (χ0) is 21.7. The molecular formula is C18H29N2O8P. The monoisotopic (exact) mass is 432 g/mol. The van der Waals surface area contributed by atoms with Crippen molar-refractivity contribution in [2.24, 2.45) is 5.73 Å². The summed E-state index contributed by atoms with van der Waals surface area (Å²) in [5.41, 5.74) is 6.01.